The lowest BCUT2D eigenvalue weighted by molar-refractivity contribution is -0.134. The molecule has 1 aromatic carbocycles. The molecule has 0 aromatic heterocycles. The summed E-state index contributed by atoms with van der Waals surface area (Å²) in [6.07, 6.45) is 4.63. The molecular formula is C19H29N3O2. The second-order valence-electron chi connectivity index (χ2n) is 6.55. The van der Waals surface area contributed by atoms with E-state index >= 15 is 0 Å². The maximum absolute atomic E-state index is 12.2. The number of nitrogens with zero attached hydrogens (tertiary/aromatic N) is 2. The Labute approximate surface area is 145 Å². The van der Waals surface area contributed by atoms with Crippen LogP contribution in [0.15, 0.2) is 24.3 Å². The zero-order chi connectivity index (χ0) is 17.5. The first kappa shape index (κ1) is 18.3. The topological polar surface area (TPSA) is 52.7 Å². The summed E-state index contributed by atoms with van der Waals surface area (Å²) in [4.78, 5) is 27.9. The monoisotopic (exact) mass is 331 g/mol. The number of rotatable bonds is 6. The van der Waals surface area contributed by atoms with Gasteiger partial charge in [0.15, 0.2) is 0 Å². The highest BCUT2D eigenvalue weighted by Crippen LogP contribution is 2.21. The summed E-state index contributed by atoms with van der Waals surface area (Å²) in [5, 5.41) is 2.89. The standard InChI is InChI=1S/C19H29N3O2/c1-4-15(2)22(16(3)23)14-19(24)20-17-8-10-18(11-9-17)21-12-6-5-7-13-21/h8-11,15H,4-7,12-14H2,1-3H3,(H,20,24). The maximum atomic E-state index is 12.2. The molecule has 0 aliphatic carbocycles. The number of benzene rings is 1. The van der Waals surface area contributed by atoms with Gasteiger partial charge in [0.25, 0.3) is 0 Å². The number of hydrogen-bond acceptors (Lipinski definition) is 3. The Kier molecular flexibility index (Phi) is 6.64. The van der Waals surface area contributed by atoms with Crippen molar-refractivity contribution in [3.05, 3.63) is 24.3 Å². The molecule has 1 atom stereocenters. The van der Waals surface area contributed by atoms with Gasteiger partial charge in [-0.2, -0.15) is 0 Å². The molecule has 1 saturated heterocycles. The first-order chi connectivity index (χ1) is 11.5. The molecule has 5 heteroatoms. The molecule has 132 valence electrons. The second-order valence-corrected chi connectivity index (χ2v) is 6.55. The third-order valence-corrected chi connectivity index (χ3v) is 4.71. The predicted molar refractivity (Wildman–Crippen MR) is 98.3 cm³/mol. The van der Waals surface area contributed by atoms with Crippen LogP contribution in [0, 0.1) is 0 Å². The minimum Gasteiger partial charge on any atom is -0.372 e. The third kappa shape index (κ3) is 4.98. The molecule has 1 fully saturated rings. The molecule has 1 unspecified atom stereocenters. The Bertz CT molecular complexity index is 550. The molecule has 1 heterocycles. The van der Waals surface area contributed by atoms with Gasteiger partial charge in [0.2, 0.25) is 11.8 Å². The van der Waals surface area contributed by atoms with E-state index < -0.39 is 0 Å². The summed E-state index contributed by atoms with van der Waals surface area (Å²) < 4.78 is 0. The summed E-state index contributed by atoms with van der Waals surface area (Å²) in [5.74, 6) is -0.226. The van der Waals surface area contributed by atoms with Crippen LogP contribution >= 0.6 is 0 Å². The van der Waals surface area contributed by atoms with E-state index in [1.54, 1.807) is 4.90 Å². The molecule has 0 saturated carbocycles. The van der Waals surface area contributed by atoms with Crippen LogP contribution in [0.2, 0.25) is 0 Å². The van der Waals surface area contributed by atoms with Crippen molar-refractivity contribution < 1.29 is 9.59 Å². The SMILES string of the molecule is CCC(C)N(CC(=O)Nc1ccc(N2CCCCC2)cc1)C(C)=O. The van der Waals surface area contributed by atoms with E-state index in [1.165, 1.54) is 31.9 Å². The second kappa shape index (κ2) is 8.71. The average Bonchev–Trinajstić information content (AvgIpc) is 2.60. The molecule has 5 nitrogen and oxygen atoms in total. The maximum Gasteiger partial charge on any atom is 0.244 e. The van der Waals surface area contributed by atoms with Gasteiger partial charge in [0, 0.05) is 37.4 Å². The summed E-state index contributed by atoms with van der Waals surface area (Å²) >= 11 is 0. The van der Waals surface area contributed by atoms with Gasteiger partial charge in [0.05, 0.1) is 0 Å². The van der Waals surface area contributed by atoms with Crippen LogP contribution in [0.3, 0.4) is 0 Å². The van der Waals surface area contributed by atoms with Crippen LogP contribution in [-0.2, 0) is 9.59 Å². The molecule has 1 N–H and O–H groups in total. The third-order valence-electron chi connectivity index (χ3n) is 4.71. The van der Waals surface area contributed by atoms with E-state index in [0.717, 1.165) is 25.2 Å². The minimum absolute atomic E-state index is 0.0646. The molecule has 2 rings (SSSR count). The fourth-order valence-electron chi connectivity index (χ4n) is 3.06. The van der Waals surface area contributed by atoms with Crippen molar-refractivity contribution in [3.63, 3.8) is 0 Å². The molecule has 1 aliphatic heterocycles. The van der Waals surface area contributed by atoms with Gasteiger partial charge in [0.1, 0.15) is 6.54 Å². The zero-order valence-corrected chi connectivity index (χ0v) is 15.0. The molecule has 2 amide bonds. The number of hydrogen-bond donors (Lipinski definition) is 1. The molecule has 0 radical (unpaired) electrons. The minimum atomic E-state index is -0.156. The van der Waals surface area contributed by atoms with Gasteiger partial charge >= 0.3 is 0 Å². The number of anilines is 2. The summed E-state index contributed by atoms with van der Waals surface area (Å²) in [7, 11) is 0. The van der Waals surface area contributed by atoms with E-state index in [0.29, 0.717) is 0 Å². The van der Waals surface area contributed by atoms with Crippen molar-refractivity contribution >= 4 is 23.2 Å². The van der Waals surface area contributed by atoms with Gasteiger partial charge in [-0.25, -0.2) is 0 Å². The lowest BCUT2D eigenvalue weighted by Gasteiger charge is -2.29. The first-order valence-electron chi connectivity index (χ1n) is 8.93. The number of amides is 2. The fraction of sp³-hybridized carbons (Fsp3) is 0.579. The number of nitrogens with one attached hydrogen (secondary N) is 1. The van der Waals surface area contributed by atoms with Crippen molar-refractivity contribution in [2.75, 3.05) is 29.9 Å². The van der Waals surface area contributed by atoms with Crippen LogP contribution in [0.25, 0.3) is 0 Å². The molecule has 1 aromatic rings. The van der Waals surface area contributed by atoms with Gasteiger partial charge in [-0.05, 0) is 56.9 Å². The molecule has 1 aliphatic rings. The van der Waals surface area contributed by atoms with Crippen LogP contribution < -0.4 is 10.2 Å². The Morgan fingerprint density at radius 1 is 1.17 bits per heavy atom. The molecular weight excluding hydrogens is 302 g/mol. The zero-order valence-electron chi connectivity index (χ0n) is 15.0. The van der Waals surface area contributed by atoms with Gasteiger partial charge in [-0.15, -0.1) is 0 Å². The highest BCUT2D eigenvalue weighted by Gasteiger charge is 2.18. The quantitative estimate of drug-likeness (QED) is 0.870. The number of piperidine rings is 1. The van der Waals surface area contributed by atoms with Crippen molar-refractivity contribution in [1.29, 1.82) is 0 Å². The number of carbonyl (C=O) groups excluding carboxylic acids is 2. The van der Waals surface area contributed by atoms with Crippen molar-refractivity contribution in [2.45, 2.75) is 52.5 Å². The highest BCUT2D eigenvalue weighted by molar-refractivity contribution is 5.94. The Balaban J connectivity index is 1.92. The molecule has 0 bridgehead atoms. The Morgan fingerprint density at radius 2 is 1.79 bits per heavy atom. The van der Waals surface area contributed by atoms with E-state index in [9.17, 15) is 9.59 Å². The fourth-order valence-corrected chi connectivity index (χ4v) is 3.06. The van der Waals surface area contributed by atoms with Gasteiger partial charge in [-0.3, -0.25) is 9.59 Å². The summed E-state index contributed by atoms with van der Waals surface area (Å²) in [5.41, 5.74) is 1.98. The smallest absolute Gasteiger partial charge is 0.244 e. The van der Waals surface area contributed by atoms with Crippen LogP contribution in [0.4, 0.5) is 11.4 Å². The predicted octanol–water partition coefficient (Wildman–Crippen LogP) is 3.26. The Hall–Kier alpha value is -2.04. The lowest BCUT2D eigenvalue weighted by atomic mass is 10.1. The molecule has 24 heavy (non-hydrogen) atoms. The van der Waals surface area contributed by atoms with Crippen LogP contribution in [0.5, 0.6) is 0 Å². The van der Waals surface area contributed by atoms with Crippen molar-refractivity contribution in [3.8, 4) is 0 Å². The van der Waals surface area contributed by atoms with E-state index in [4.69, 9.17) is 0 Å². The largest absolute Gasteiger partial charge is 0.372 e. The van der Waals surface area contributed by atoms with Crippen LogP contribution in [-0.4, -0.2) is 42.4 Å². The lowest BCUT2D eigenvalue weighted by Crippen LogP contribution is -2.42. The highest BCUT2D eigenvalue weighted by atomic mass is 16.2. The summed E-state index contributed by atoms with van der Waals surface area (Å²) in [6, 6.07) is 8.04. The van der Waals surface area contributed by atoms with Gasteiger partial charge in [-0.1, -0.05) is 6.92 Å². The summed E-state index contributed by atoms with van der Waals surface area (Å²) in [6.45, 7) is 7.79. The van der Waals surface area contributed by atoms with Crippen molar-refractivity contribution in [1.82, 2.24) is 4.90 Å². The normalized spacial score (nSPS) is 15.7. The van der Waals surface area contributed by atoms with Crippen molar-refractivity contribution in [2.24, 2.45) is 0 Å². The van der Waals surface area contributed by atoms with E-state index in [2.05, 4.69) is 22.3 Å². The average molecular weight is 331 g/mol. The van der Waals surface area contributed by atoms with E-state index in [-0.39, 0.29) is 24.4 Å². The number of carbonyl (C=O) groups is 2. The van der Waals surface area contributed by atoms with Gasteiger partial charge < -0.3 is 15.1 Å². The van der Waals surface area contributed by atoms with E-state index in [1.807, 2.05) is 26.0 Å². The first-order valence-corrected chi connectivity index (χ1v) is 8.93. The molecule has 0 spiro atoms. The van der Waals surface area contributed by atoms with Crippen LogP contribution in [0.1, 0.15) is 46.5 Å². The Morgan fingerprint density at radius 3 is 2.33 bits per heavy atom.